The summed E-state index contributed by atoms with van der Waals surface area (Å²) in [5.41, 5.74) is 1.37. The van der Waals surface area contributed by atoms with Crippen molar-refractivity contribution in [2.24, 2.45) is 0 Å². The first-order valence-corrected chi connectivity index (χ1v) is 8.00. The first-order chi connectivity index (χ1) is 12.2. The van der Waals surface area contributed by atoms with Gasteiger partial charge in [-0.15, -0.1) is 0 Å². The van der Waals surface area contributed by atoms with Crippen LogP contribution in [0.4, 0.5) is 23.0 Å². The zero-order chi connectivity index (χ0) is 17.8. The van der Waals surface area contributed by atoms with Crippen molar-refractivity contribution < 1.29 is 4.92 Å². The van der Waals surface area contributed by atoms with Crippen LogP contribution in [0.5, 0.6) is 0 Å². The lowest BCUT2D eigenvalue weighted by Gasteiger charge is -2.20. The Morgan fingerprint density at radius 1 is 1.12 bits per heavy atom. The third-order valence-corrected chi connectivity index (χ3v) is 3.95. The van der Waals surface area contributed by atoms with E-state index in [2.05, 4.69) is 20.3 Å². The normalized spacial score (nSPS) is 10.6. The number of hydrogen-bond acceptors (Lipinski definition) is 7. The maximum atomic E-state index is 11.7. The fourth-order valence-electron chi connectivity index (χ4n) is 2.72. The average molecular weight is 338 g/mol. The van der Waals surface area contributed by atoms with Gasteiger partial charge in [0, 0.05) is 30.4 Å². The van der Waals surface area contributed by atoms with Gasteiger partial charge in [0.1, 0.15) is 6.33 Å². The molecule has 0 aliphatic heterocycles. The lowest BCUT2D eigenvalue weighted by molar-refractivity contribution is -0.383. The Bertz CT molecular complexity index is 905. The van der Waals surface area contributed by atoms with Crippen LogP contribution in [0.15, 0.2) is 42.9 Å². The van der Waals surface area contributed by atoms with Crippen molar-refractivity contribution in [2.75, 3.05) is 23.3 Å². The number of benzene rings is 1. The molecule has 0 aliphatic carbocycles. The lowest BCUT2D eigenvalue weighted by Crippen LogP contribution is -2.24. The molecule has 25 heavy (non-hydrogen) atoms. The maximum absolute atomic E-state index is 11.7. The smallest absolute Gasteiger partial charge is 0.351 e. The predicted octanol–water partition coefficient (Wildman–Crippen LogP) is 3.52. The molecule has 128 valence electrons. The minimum absolute atomic E-state index is 0.132. The molecule has 8 nitrogen and oxygen atoms in total. The number of nitrogens with one attached hydrogen (secondary N) is 1. The number of fused-ring (bicyclic) bond motifs is 1. The van der Waals surface area contributed by atoms with Gasteiger partial charge in [-0.1, -0.05) is 6.07 Å². The maximum Gasteiger partial charge on any atom is 0.353 e. The van der Waals surface area contributed by atoms with Crippen molar-refractivity contribution in [3.05, 3.63) is 53.0 Å². The zero-order valence-corrected chi connectivity index (χ0v) is 14.0. The minimum Gasteiger partial charge on any atom is -0.351 e. The predicted molar refractivity (Wildman–Crippen MR) is 97.3 cm³/mol. The van der Waals surface area contributed by atoms with Crippen LogP contribution < -0.4 is 10.2 Å². The van der Waals surface area contributed by atoms with Crippen LogP contribution in [0.1, 0.15) is 13.8 Å². The van der Waals surface area contributed by atoms with Gasteiger partial charge in [-0.05, 0) is 38.1 Å². The second-order valence-electron chi connectivity index (χ2n) is 5.32. The molecule has 2 heterocycles. The molecule has 8 heteroatoms. The van der Waals surface area contributed by atoms with Crippen molar-refractivity contribution in [2.45, 2.75) is 13.8 Å². The summed E-state index contributed by atoms with van der Waals surface area (Å²) in [6.07, 6.45) is 3.05. The number of nitrogens with zero attached hydrogens (tertiary/aromatic N) is 5. The molecule has 0 bridgehead atoms. The van der Waals surface area contributed by atoms with Crippen molar-refractivity contribution in [3.8, 4) is 0 Å². The van der Waals surface area contributed by atoms with Crippen molar-refractivity contribution in [1.82, 2.24) is 15.0 Å². The average Bonchev–Trinajstić information content (AvgIpc) is 2.63. The molecule has 0 unspecified atom stereocenters. The van der Waals surface area contributed by atoms with Gasteiger partial charge in [-0.2, -0.15) is 0 Å². The van der Waals surface area contributed by atoms with Gasteiger partial charge in [0.15, 0.2) is 0 Å². The Morgan fingerprint density at radius 2 is 1.92 bits per heavy atom. The van der Waals surface area contributed by atoms with Gasteiger partial charge >= 0.3 is 5.69 Å². The molecule has 0 fully saturated rings. The van der Waals surface area contributed by atoms with E-state index >= 15 is 0 Å². The van der Waals surface area contributed by atoms with Gasteiger partial charge in [0.05, 0.1) is 10.4 Å². The summed E-state index contributed by atoms with van der Waals surface area (Å²) in [6, 6.07) is 9.30. The SMILES string of the molecule is CCN(CC)c1ncnc(Nc2cccc3ncccc23)c1[N+](=O)[O-]. The molecule has 3 aromatic rings. The second kappa shape index (κ2) is 7.08. The van der Waals surface area contributed by atoms with Crippen LogP contribution in [-0.4, -0.2) is 33.0 Å². The Balaban J connectivity index is 2.11. The van der Waals surface area contributed by atoms with Gasteiger partial charge in [0.2, 0.25) is 11.6 Å². The highest BCUT2D eigenvalue weighted by atomic mass is 16.6. The summed E-state index contributed by atoms with van der Waals surface area (Å²) in [5.74, 6) is 0.476. The molecule has 0 atom stereocenters. The highest BCUT2D eigenvalue weighted by molar-refractivity contribution is 5.93. The van der Waals surface area contributed by atoms with Crippen molar-refractivity contribution in [3.63, 3.8) is 0 Å². The molecule has 0 amide bonds. The fourth-order valence-corrected chi connectivity index (χ4v) is 2.72. The minimum atomic E-state index is -0.445. The topological polar surface area (TPSA) is 97.1 Å². The quantitative estimate of drug-likeness (QED) is 0.542. The number of pyridine rings is 1. The standard InChI is InChI=1S/C17H18N6O2/c1-3-22(4-2)17-15(23(24)25)16(19-11-20-17)21-14-9-5-8-13-12(14)7-6-10-18-13/h5-11H,3-4H2,1-2H3,(H,19,20,21). The van der Waals surface area contributed by atoms with Crippen LogP contribution in [0.2, 0.25) is 0 Å². The number of rotatable bonds is 6. The van der Waals surface area contributed by atoms with E-state index < -0.39 is 4.92 Å². The number of anilines is 3. The van der Waals surface area contributed by atoms with E-state index in [0.717, 1.165) is 10.9 Å². The van der Waals surface area contributed by atoms with Crippen LogP contribution in [0, 0.1) is 10.1 Å². The molecule has 1 aromatic carbocycles. The number of nitro groups is 1. The van der Waals surface area contributed by atoms with Gasteiger partial charge < -0.3 is 10.2 Å². The van der Waals surface area contributed by atoms with Crippen molar-refractivity contribution in [1.29, 1.82) is 0 Å². The molecule has 0 spiro atoms. The van der Waals surface area contributed by atoms with Gasteiger partial charge in [0.25, 0.3) is 0 Å². The summed E-state index contributed by atoms with van der Waals surface area (Å²) >= 11 is 0. The summed E-state index contributed by atoms with van der Waals surface area (Å²) in [5, 5.41) is 15.6. The molecular weight excluding hydrogens is 320 g/mol. The molecule has 0 saturated carbocycles. The number of aromatic nitrogens is 3. The lowest BCUT2D eigenvalue weighted by atomic mass is 10.2. The third-order valence-electron chi connectivity index (χ3n) is 3.95. The number of hydrogen-bond donors (Lipinski definition) is 1. The van der Waals surface area contributed by atoms with Crippen LogP contribution in [0.3, 0.4) is 0 Å². The third kappa shape index (κ3) is 3.18. The Hall–Kier alpha value is -3.29. The van der Waals surface area contributed by atoms with Gasteiger partial charge in [-0.3, -0.25) is 15.1 Å². The highest BCUT2D eigenvalue weighted by Gasteiger charge is 2.26. The monoisotopic (exact) mass is 338 g/mol. The van der Waals surface area contributed by atoms with E-state index in [1.165, 1.54) is 6.33 Å². The first-order valence-electron chi connectivity index (χ1n) is 8.00. The zero-order valence-electron chi connectivity index (χ0n) is 14.0. The van der Waals surface area contributed by atoms with Crippen LogP contribution >= 0.6 is 0 Å². The first kappa shape index (κ1) is 16.6. The summed E-state index contributed by atoms with van der Waals surface area (Å²) < 4.78 is 0. The second-order valence-corrected chi connectivity index (χ2v) is 5.32. The summed E-state index contributed by atoms with van der Waals surface area (Å²) in [7, 11) is 0. The highest BCUT2D eigenvalue weighted by Crippen LogP contribution is 2.34. The molecule has 0 radical (unpaired) electrons. The van der Waals surface area contributed by atoms with E-state index in [1.54, 1.807) is 6.20 Å². The van der Waals surface area contributed by atoms with E-state index in [-0.39, 0.29) is 11.5 Å². The van der Waals surface area contributed by atoms with E-state index in [9.17, 15) is 10.1 Å². The summed E-state index contributed by atoms with van der Waals surface area (Å²) in [6.45, 7) is 5.09. The Kier molecular flexibility index (Phi) is 4.69. The van der Waals surface area contributed by atoms with Crippen LogP contribution in [0.25, 0.3) is 10.9 Å². The van der Waals surface area contributed by atoms with E-state index in [4.69, 9.17) is 0 Å². The molecular formula is C17H18N6O2. The molecule has 0 saturated heterocycles. The largest absolute Gasteiger partial charge is 0.353 e. The molecule has 0 aliphatic rings. The van der Waals surface area contributed by atoms with Crippen LogP contribution in [-0.2, 0) is 0 Å². The molecule has 1 N–H and O–H groups in total. The fraction of sp³-hybridized carbons (Fsp3) is 0.235. The Labute approximate surface area is 144 Å². The molecule has 3 rings (SSSR count). The summed E-state index contributed by atoms with van der Waals surface area (Å²) in [4.78, 5) is 25.6. The molecule has 2 aromatic heterocycles. The van der Waals surface area contributed by atoms with E-state index in [0.29, 0.717) is 24.6 Å². The Morgan fingerprint density at radius 3 is 2.64 bits per heavy atom. The van der Waals surface area contributed by atoms with Gasteiger partial charge in [-0.25, -0.2) is 9.97 Å². The van der Waals surface area contributed by atoms with Crippen molar-refractivity contribution >= 4 is 33.9 Å². The van der Waals surface area contributed by atoms with E-state index in [1.807, 2.05) is 49.1 Å².